The molecule has 0 aliphatic carbocycles. The third kappa shape index (κ3) is 5.09. The van der Waals surface area contributed by atoms with E-state index in [1.807, 2.05) is 6.92 Å². The molecule has 0 saturated heterocycles. The summed E-state index contributed by atoms with van der Waals surface area (Å²) in [5, 5.41) is 8.70. The number of hydrogen-bond acceptors (Lipinski definition) is 3. The molecule has 11 heavy (non-hydrogen) atoms. The number of aliphatic hydroxyl groups excluding tert-OH is 1. The second-order valence-corrected chi connectivity index (χ2v) is 4.29. The van der Waals surface area contributed by atoms with Gasteiger partial charge in [-0.2, -0.15) is 0 Å². The minimum Gasteiger partial charge on any atom is -0.396 e. The zero-order valence-electron chi connectivity index (χ0n) is 6.91. The molecule has 2 atom stereocenters. The summed E-state index contributed by atoms with van der Waals surface area (Å²) in [6.07, 6.45) is 0.711. The van der Waals surface area contributed by atoms with Gasteiger partial charge in [0.1, 0.15) is 0 Å². The first-order valence-corrected chi connectivity index (χ1v) is 4.57. The van der Waals surface area contributed by atoms with E-state index in [9.17, 15) is 4.79 Å². The van der Waals surface area contributed by atoms with E-state index in [0.717, 1.165) is 0 Å². The van der Waals surface area contributed by atoms with Crippen molar-refractivity contribution in [2.24, 2.45) is 5.73 Å². The third-order valence-electron chi connectivity index (χ3n) is 1.37. The van der Waals surface area contributed by atoms with Crippen LogP contribution in [-0.4, -0.2) is 28.1 Å². The van der Waals surface area contributed by atoms with Crippen LogP contribution in [0.5, 0.6) is 0 Å². The summed E-state index contributed by atoms with van der Waals surface area (Å²) >= 11 is 1.50. The summed E-state index contributed by atoms with van der Waals surface area (Å²) in [7, 11) is 0. The smallest absolute Gasteiger partial charge is 0.230 e. The van der Waals surface area contributed by atoms with Crippen molar-refractivity contribution >= 4 is 17.7 Å². The van der Waals surface area contributed by atoms with Gasteiger partial charge < -0.3 is 10.8 Å². The van der Waals surface area contributed by atoms with Gasteiger partial charge in [0, 0.05) is 11.9 Å². The minimum atomic E-state index is -0.292. The van der Waals surface area contributed by atoms with Crippen molar-refractivity contribution in [3.8, 4) is 0 Å². The molecule has 66 valence electrons. The molecule has 0 bridgehead atoms. The lowest BCUT2D eigenvalue weighted by molar-refractivity contribution is -0.117. The van der Waals surface area contributed by atoms with E-state index < -0.39 is 0 Å². The van der Waals surface area contributed by atoms with Crippen molar-refractivity contribution in [3.63, 3.8) is 0 Å². The van der Waals surface area contributed by atoms with Gasteiger partial charge in [-0.25, -0.2) is 0 Å². The molecule has 0 aliphatic rings. The number of rotatable bonds is 5. The minimum absolute atomic E-state index is 0.156. The molecule has 0 fully saturated rings. The molecule has 0 radical (unpaired) electrons. The summed E-state index contributed by atoms with van der Waals surface area (Å²) in [4.78, 5) is 10.6. The highest BCUT2D eigenvalue weighted by Crippen LogP contribution is 2.18. The summed E-state index contributed by atoms with van der Waals surface area (Å²) in [6.45, 7) is 3.92. The summed E-state index contributed by atoms with van der Waals surface area (Å²) in [6, 6.07) is 0. The summed E-state index contributed by atoms with van der Waals surface area (Å²) < 4.78 is 0. The monoisotopic (exact) mass is 177 g/mol. The number of amides is 1. The Morgan fingerprint density at radius 1 is 1.64 bits per heavy atom. The molecule has 0 aliphatic heterocycles. The van der Waals surface area contributed by atoms with Crippen LogP contribution in [0.15, 0.2) is 0 Å². The van der Waals surface area contributed by atoms with E-state index in [1.165, 1.54) is 11.8 Å². The van der Waals surface area contributed by atoms with Gasteiger partial charge in [-0.15, -0.1) is 11.8 Å². The van der Waals surface area contributed by atoms with E-state index >= 15 is 0 Å². The van der Waals surface area contributed by atoms with Gasteiger partial charge in [0.15, 0.2) is 0 Å². The third-order valence-corrected chi connectivity index (χ3v) is 2.71. The first-order valence-electron chi connectivity index (χ1n) is 3.63. The number of thioether (sulfide) groups is 1. The molecular weight excluding hydrogens is 162 g/mol. The molecule has 3 nitrogen and oxygen atoms in total. The molecular formula is C7H15NO2S. The Hall–Kier alpha value is -0.220. The number of carbonyl (C=O) groups excluding carboxylic acids is 1. The van der Waals surface area contributed by atoms with Crippen LogP contribution in [0.4, 0.5) is 0 Å². The van der Waals surface area contributed by atoms with Crippen LogP contribution in [0.1, 0.15) is 20.3 Å². The molecule has 0 rings (SSSR count). The van der Waals surface area contributed by atoms with E-state index in [-0.39, 0.29) is 17.8 Å². The van der Waals surface area contributed by atoms with Gasteiger partial charge in [-0.3, -0.25) is 4.79 Å². The van der Waals surface area contributed by atoms with Crippen LogP contribution in [0.25, 0.3) is 0 Å². The Morgan fingerprint density at radius 3 is 2.55 bits per heavy atom. The Morgan fingerprint density at radius 2 is 2.18 bits per heavy atom. The predicted molar refractivity (Wildman–Crippen MR) is 47.4 cm³/mol. The Bertz CT molecular complexity index is 130. The summed E-state index contributed by atoms with van der Waals surface area (Å²) in [5.74, 6) is -0.292. The van der Waals surface area contributed by atoms with Crippen LogP contribution >= 0.6 is 11.8 Å². The van der Waals surface area contributed by atoms with Crippen LogP contribution in [0.3, 0.4) is 0 Å². The van der Waals surface area contributed by atoms with E-state index in [4.69, 9.17) is 10.8 Å². The molecule has 0 heterocycles. The number of primary amides is 1. The fraction of sp³-hybridized carbons (Fsp3) is 0.857. The molecule has 2 unspecified atom stereocenters. The normalized spacial score (nSPS) is 15.9. The Balaban J connectivity index is 3.56. The SMILES string of the molecule is CC(CCO)SC(C)C(N)=O. The van der Waals surface area contributed by atoms with Crippen molar-refractivity contribution in [2.75, 3.05) is 6.61 Å². The van der Waals surface area contributed by atoms with E-state index in [0.29, 0.717) is 11.7 Å². The van der Waals surface area contributed by atoms with Gasteiger partial charge in [-0.1, -0.05) is 6.92 Å². The van der Waals surface area contributed by atoms with Crippen LogP contribution in [0.2, 0.25) is 0 Å². The Kier molecular flexibility index (Phi) is 5.32. The average molecular weight is 177 g/mol. The highest BCUT2D eigenvalue weighted by atomic mass is 32.2. The fourth-order valence-electron chi connectivity index (χ4n) is 0.665. The van der Waals surface area contributed by atoms with Gasteiger partial charge in [0.2, 0.25) is 5.91 Å². The van der Waals surface area contributed by atoms with E-state index in [2.05, 4.69) is 0 Å². The molecule has 3 N–H and O–H groups in total. The van der Waals surface area contributed by atoms with Crippen LogP contribution < -0.4 is 5.73 Å². The number of nitrogens with two attached hydrogens (primary N) is 1. The quantitative estimate of drug-likeness (QED) is 0.637. The molecule has 0 aromatic heterocycles. The van der Waals surface area contributed by atoms with Crippen LogP contribution in [0, 0.1) is 0 Å². The van der Waals surface area contributed by atoms with E-state index in [1.54, 1.807) is 6.92 Å². The predicted octanol–water partition coefficient (Wildman–Crippen LogP) is 0.364. The lowest BCUT2D eigenvalue weighted by Crippen LogP contribution is -2.24. The first kappa shape index (κ1) is 10.8. The first-order chi connectivity index (χ1) is 5.07. The zero-order chi connectivity index (χ0) is 8.85. The van der Waals surface area contributed by atoms with Gasteiger partial charge in [-0.05, 0) is 13.3 Å². The number of carbonyl (C=O) groups is 1. The van der Waals surface area contributed by atoms with Crippen molar-refractivity contribution in [1.29, 1.82) is 0 Å². The second-order valence-electron chi connectivity index (χ2n) is 2.50. The molecule has 0 aromatic carbocycles. The zero-order valence-corrected chi connectivity index (χ0v) is 7.73. The maximum atomic E-state index is 10.6. The largest absolute Gasteiger partial charge is 0.396 e. The lowest BCUT2D eigenvalue weighted by atomic mass is 10.3. The topological polar surface area (TPSA) is 63.3 Å². The van der Waals surface area contributed by atoms with Crippen molar-refractivity contribution < 1.29 is 9.90 Å². The Labute approximate surface area is 71.3 Å². The lowest BCUT2D eigenvalue weighted by Gasteiger charge is -2.12. The van der Waals surface area contributed by atoms with Crippen molar-refractivity contribution in [2.45, 2.75) is 30.8 Å². The standard InChI is InChI=1S/C7H15NO2S/c1-5(3-4-9)11-6(2)7(8)10/h5-6,9H,3-4H2,1-2H3,(H2,8,10). The van der Waals surface area contributed by atoms with Crippen LogP contribution in [-0.2, 0) is 4.79 Å². The van der Waals surface area contributed by atoms with Gasteiger partial charge >= 0.3 is 0 Å². The van der Waals surface area contributed by atoms with Gasteiger partial charge in [0.05, 0.1) is 5.25 Å². The maximum absolute atomic E-state index is 10.6. The maximum Gasteiger partial charge on any atom is 0.230 e. The molecule has 0 aromatic rings. The number of hydrogen-bond donors (Lipinski definition) is 2. The molecule has 0 spiro atoms. The highest BCUT2D eigenvalue weighted by Gasteiger charge is 2.12. The summed E-state index contributed by atoms with van der Waals surface area (Å²) in [5.41, 5.74) is 5.06. The molecule has 1 amide bonds. The number of aliphatic hydroxyl groups is 1. The van der Waals surface area contributed by atoms with Crippen molar-refractivity contribution in [3.05, 3.63) is 0 Å². The fourth-order valence-corrected chi connectivity index (χ4v) is 1.74. The second kappa shape index (κ2) is 5.43. The average Bonchev–Trinajstić information content (AvgIpc) is 1.87. The molecule has 4 heteroatoms. The van der Waals surface area contributed by atoms with Gasteiger partial charge in [0.25, 0.3) is 0 Å². The highest BCUT2D eigenvalue weighted by molar-refractivity contribution is 8.01. The molecule has 0 saturated carbocycles. The van der Waals surface area contributed by atoms with Crippen molar-refractivity contribution in [1.82, 2.24) is 0 Å².